The smallest absolute Gasteiger partial charge is 0.271 e. The summed E-state index contributed by atoms with van der Waals surface area (Å²) in [5.41, 5.74) is 1.39. The van der Waals surface area contributed by atoms with Gasteiger partial charge in [0.15, 0.2) is 0 Å². The molecule has 0 amide bonds. The van der Waals surface area contributed by atoms with Gasteiger partial charge in [-0.3, -0.25) is 4.72 Å². The van der Waals surface area contributed by atoms with E-state index in [0.29, 0.717) is 12.1 Å². The van der Waals surface area contributed by atoms with E-state index in [9.17, 15) is 8.42 Å². The lowest BCUT2D eigenvalue weighted by atomic mass is 10.2. The first-order chi connectivity index (χ1) is 9.44. The Morgan fingerprint density at radius 1 is 1.30 bits per heavy atom. The zero-order valence-corrected chi connectivity index (χ0v) is 14.0. The average molecular weight is 376 g/mol. The van der Waals surface area contributed by atoms with Gasteiger partial charge in [-0.15, -0.1) is 11.3 Å². The molecule has 0 atom stereocenters. The van der Waals surface area contributed by atoms with Gasteiger partial charge < -0.3 is 5.11 Å². The van der Waals surface area contributed by atoms with Crippen molar-refractivity contribution in [1.82, 2.24) is 0 Å². The highest BCUT2D eigenvalue weighted by molar-refractivity contribution is 9.10. The van der Waals surface area contributed by atoms with E-state index < -0.39 is 10.0 Å². The van der Waals surface area contributed by atoms with E-state index in [2.05, 4.69) is 20.7 Å². The number of sulfonamides is 1. The van der Waals surface area contributed by atoms with Crippen molar-refractivity contribution in [3.63, 3.8) is 0 Å². The second kappa shape index (κ2) is 6.26. The fourth-order valence-corrected chi connectivity index (χ4v) is 4.49. The van der Waals surface area contributed by atoms with Crippen LogP contribution in [0.1, 0.15) is 10.4 Å². The molecular formula is C13H14BrNO3S2. The number of thiophene rings is 1. The maximum Gasteiger partial charge on any atom is 0.271 e. The van der Waals surface area contributed by atoms with Crippen LogP contribution in [0.15, 0.2) is 39.0 Å². The third kappa shape index (κ3) is 3.41. The fraction of sp³-hybridized carbons (Fsp3) is 0.231. The molecule has 2 N–H and O–H groups in total. The first-order valence-corrected chi connectivity index (χ1v) is 9.01. The van der Waals surface area contributed by atoms with Gasteiger partial charge in [0.05, 0.1) is 5.69 Å². The molecule has 4 nitrogen and oxygen atoms in total. The Morgan fingerprint density at radius 3 is 2.75 bits per heavy atom. The zero-order valence-electron chi connectivity index (χ0n) is 10.8. The summed E-state index contributed by atoms with van der Waals surface area (Å²) < 4.78 is 28.3. The third-order valence-corrected chi connectivity index (χ3v) is 6.63. The molecule has 0 bridgehead atoms. The van der Waals surface area contributed by atoms with Crippen LogP contribution in [-0.2, 0) is 16.4 Å². The molecule has 20 heavy (non-hydrogen) atoms. The van der Waals surface area contributed by atoms with Gasteiger partial charge in [-0.2, -0.15) is 0 Å². The SMILES string of the molecule is Cc1c(Br)cccc1NS(=O)(=O)c1ccc(CCO)s1. The summed E-state index contributed by atoms with van der Waals surface area (Å²) in [6, 6.07) is 8.65. The first-order valence-electron chi connectivity index (χ1n) is 5.91. The number of aliphatic hydroxyl groups is 1. The molecular weight excluding hydrogens is 362 g/mol. The van der Waals surface area contributed by atoms with Crippen molar-refractivity contribution >= 4 is 43.0 Å². The monoisotopic (exact) mass is 375 g/mol. The summed E-state index contributed by atoms with van der Waals surface area (Å²) in [4.78, 5) is 0.846. The minimum Gasteiger partial charge on any atom is -0.396 e. The first kappa shape index (κ1) is 15.5. The maximum atomic E-state index is 12.3. The maximum absolute atomic E-state index is 12.3. The van der Waals surface area contributed by atoms with Gasteiger partial charge in [0.1, 0.15) is 4.21 Å². The summed E-state index contributed by atoms with van der Waals surface area (Å²) in [5, 5.41) is 8.87. The fourth-order valence-electron chi connectivity index (χ4n) is 1.66. The van der Waals surface area contributed by atoms with E-state index in [1.165, 1.54) is 11.3 Å². The van der Waals surface area contributed by atoms with Crippen molar-refractivity contribution in [2.75, 3.05) is 11.3 Å². The lowest BCUT2D eigenvalue weighted by molar-refractivity contribution is 0.300. The Hall–Kier alpha value is -0.890. The Labute approximate surface area is 130 Å². The summed E-state index contributed by atoms with van der Waals surface area (Å²) in [6.45, 7) is 1.85. The van der Waals surface area contributed by atoms with Gasteiger partial charge in [0, 0.05) is 22.4 Å². The lowest BCUT2D eigenvalue weighted by Gasteiger charge is -2.10. The van der Waals surface area contributed by atoms with Crippen LogP contribution >= 0.6 is 27.3 Å². The highest BCUT2D eigenvalue weighted by Gasteiger charge is 2.18. The molecule has 0 radical (unpaired) electrons. The van der Waals surface area contributed by atoms with E-state index in [1.807, 2.05) is 13.0 Å². The Kier molecular flexibility index (Phi) is 4.85. The molecule has 1 heterocycles. The molecule has 0 aliphatic rings. The van der Waals surface area contributed by atoms with Crippen LogP contribution in [0.5, 0.6) is 0 Å². The van der Waals surface area contributed by atoms with Crippen LogP contribution < -0.4 is 4.72 Å². The largest absolute Gasteiger partial charge is 0.396 e. The molecule has 0 saturated carbocycles. The van der Waals surface area contributed by atoms with E-state index in [-0.39, 0.29) is 10.8 Å². The Bertz CT molecular complexity index is 710. The molecule has 2 rings (SSSR count). The zero-order chi connectivity index (χ0) is 14.8. The number of hydrogen-bond donors (Lipinski definition) is 2. The molecule has 0 fully saturated rings. The molecule has 0 spiro atoms. The number of anilines is 1. The van der Waals surface area contributed by atoms with Crippen LogP contribution in [0.4, 0.5) is 5.69 Å². The molecule has 0 aliphatic carbocycles. The van der Waals surface area contributed by atoms with Crippen molar-refractivity contribution in [2.45, 2.75) is 17.6 Å². The van der Waals surface area contributed by atoms with Gasteiger partial charge in [-0.25, -0.2) is 8.42 Å². The number of nitrogens with one attached hydrogen (secondary N) is 1. The van der Waals surface area contributed by atoms with Crippen molar-refractivity contribution in [2.24, 2.45) is 0 Å². The van der Waals surface area contributed by atoms with Gasteiger partial charge in [-0.1, -0.05) is 22.0 Å². The summed E-state index contributed by atoms with van der Waals surface area (Å²) >= 11 is 4.55. The van der Waals surface area contributed by atoms with Crippen LogP contribution in [0.2, 0.25) is 0 Å². The van der Waals surface area contributed by atoms with Gasteiger partial charge >= 0.3 is 0 Å². The van der Waals surface area contributed by atoms with Crippen molar-refractivity contribution < 1.29 is 13.5 Å². The summed E-state index contributed by atoms with van der Waals surface area (Å²) in [5.74, 6) is 0. The molecule has 108 valence electrons. The van der Waals surface area contributed by atoms with Gasteiger partial charge in [0.2, 0.25) is 0 Å². The number of aliphatic hydroxyl groups excluding tert-OH is 1. The minimum atomic E-state index is -3.58. The molecule has 1 aromatic carbocycles. The molecule has 0 aliphatic heterocycles. The third-order valence-electron chi connectivity index (χ3n) is 2.77. The Morgan fingerprint density at radius 2 is 2.05 bits per heavy atom. The van der Waals surface area contributed by atoms with Crippen molar-refractivity contribution in [3.05, 3.63) is 45.2 Å². The second-order valence-electron chi connectivity index (χ2n) is 4.21. The average Bonchev–Trinajstić information content (AvgIpc) is 2.85. The van der Waals surface area contributed by atoms with Crippen molar-refractivity contribution in [1.29, 1.82) is 0 Å². The topological polar surface area (TPSA) is 66.4 Å². The van der Waals surface area contributed by atoms with Gasteiger partial charge in [0.25, 0.3) is 10.0 Å². The predicted molar refractivity (Wildman–Crippen MR) is 84.8 cm³/mol. The van der Waals surface area contributed by atoms with E-state index in [1.54, 1.807) is 24.3 Å². The Balaban J connectivity index is 2.28. The summed E-state index contributed by atoms with van der Waals surface area (Å²) in [7, 11) is -3.58. The normalized spacial score (nSPS) is 11.6. The lowest BCUT2D eigenvalue weighted by Crippen LogP contribution is -2.12. The number of benzene rings is 1. The molecule has 0 saturated heterocycles. The molecule has 2 aromatic rings. The molecule has 7 heteroatoms. The highest BCUT2D eigenvalue weighted by Crippen LogP contribution is 2.28. The highest BCUT2D eigenvalue weighted by atomic mass is 79.9. The van der Waals surface area contributed by atoms with E-state index >= 15 is 0 Å². The number of hydrogen-bond acceptors (Lipinski definition) is 4. The quantitative estimate of drug-likeness (QED) is 0.843. The van der Waals surface area contributed by atoms with Crippen LogP contribution in [0.3, 0.4) is 0 Å². The van der Waals surface area contributed by atoms with Crippen LogP contribution in [0, 0.1) is 6.92 Å². The van der Waals surface area contributed by atoms with E-state index in [4.69, 9.17) is 5.11 Å². The standard InChI is InChI=1S/C13H14BrNO3S2/c1-9-11(14)3-2-4-12(9)15-20(17,18)13-6-5-10(19-13)7-8-16/h2-6,15-16H,7-8H2,1H3. The molecule has 0 unspecified atom stereocenters. The van der Waals surface area contributed by atoms with Gasteiger partial charge in [-0.05, 0) is 36.8 Å². The van der Waals surface area contributed by atoms with Crippen LogP contribution in [0.25, 0.3) is 0 Å². The second-order valence-corrected chi connectivity index (χ2v) is 8.14. The summed E-state index contributed by atoms with van der Waals surface area (Å²) in [6.07, 6.45) is 0.468. The van der Waals surface area contributed by atoms with E-state index in [0.717, 1.165) is 14.9 Å². The minimum absolute atomic E-state index is 0.0121. The number of halogens is 1. The number of rotatable bonds is 5. The van der Waals surface area contributed by atoms with Crippen LogP contribution in [-0.4, -0.2) is 20.1 Å². The molecule has 1 aromatic heterocycles. The van der Waals surface area contributed by atoms with Crippen molar-refractivity contribution in [3.8, 4) is 0 Å². The predicted octanol–water partition coefficient (Wildman–Crippen LogP) is 3.15.